The fourth-order valence-corrected chi connectivity index (χ4v) is 3.67. The number of hydrogen-bond acceptors (Lipinski definition) is 2. The molecule has 1 aliphatic heterocycles. The summed E-state index contributed by atoms with van der Waals surface area (Å²) in [5.41, 5.74) is -0.247. The van der Waals surface area contributed by atoms with Gasteiger partial charge in [0.2, 0.25) is 7.37 Å². The maximum Gasteiger partial charge on any atom is 0.201 e. The Kier molecular flexibility index (Phi) is 2.38. The van der Waals surface area contributed by atoms with Crippen molar-refractivity contribution in [2.75, 3.05) is 19.4 Å². The Labute approximate surface area is 74.1 Å². The summed E-state index contributed by atoms with van der Waals surface area (Å²) < 4.78 is 16.9. The molecule has 0 aromatic carbocycles. The van der Waals surface area contributed by atoms with Crippen molar-refractivity contribution in [2.45, 2.75) is 13.8 Å². The van der Waals surface area contributed by atoms with E-state index >= 15 is 0 Å². The van der Waals surface area contributed by atoms with Crippen LogP contribution in [0.15, 0.2) is 0 Å². The van der Waals surface area contributed by atoms with Crippen LogP contribution in [-0.2, 0) is 9.09 Å². The summed E-state index contributed by atoms with van der Waals surface area (Å²) in [4.78, 5) is 0. The summed E-state index contributed by atoms with van der Waals surface area (Å²) in [5, 5.41) is 0. The first kappa shape index (κ1) is 9.84. The monoisotopic (exact) mass is 186 g/mol. The van der Waals surface area contributed by atoms with Crippen molar-refractivity contribution in [3.05, 3.63) is 0 Å². The maximum atomic E-state index is 11.6. The summed E-state index contributed by atoms with van der Waals surface area (Å²) in [6.45, 7) is 6.21. The first-order chi connectivity index (χ1) is 5.40. The van der Waals surface area contributed by atoms with Gasteiger partial charge in [0.15, 0.2) is 0 Å². The molecule has 0 N–H and O–H groups in total. The Bertz CT molecular complexity index is 266. The van der Waals surface area contributed by atoms with Crippen molar-refractivity contribution in [1.29, 1.82) is 0 Å². The van der Waals surface area contributed by atoms with Crippen molar-refractivity contribution in [2.24, 2.45) is 11.3 Å². The van der Waals surface area contributed by atoms with Gasteiger partial charge in [0.1, 0.15) is 0 Å². The highest BCUT2D eigenvalue weighted by Gasteiger charge is 2.40. The maximum absolute atomic E-state index is 11.6. The van der Waals surface area contributed by atoms with E-state index in [1.165, 1.54) is 0 Å². The van der Waals surface area contributed by atoms with Crippen molar-refractivity contribution in [3.63, 3.8) is 0 Å². The summed E-state index contributed by atoms with van der Waals surface area (Å²) in [5.74, 6) is 3.03. The zero-order chi connectivity index (χ0) is 9.41. The van der Waals surface area contributed by atoms with Gasteiger partial charge in [-0.15, -0.1) is 6.42 Å². The highest BCUT2D eigenvalue weighted by molar-refractivity contribution is 7.58. The lowest BCUT2D eigenvalue weighted by Gasteiger charge is -2.38. The van der Waals surface area contributed by atoms with Crippen molar-refractivity contribution >= 4 is 7.37 Å². The molecule has 1 rings (SSSR count). The van der Waals surface area contributed by atoms with Crippen LogP contribution in [0.2, 0.25) is 0 Å². The van der Waals surface area contributed by atoms with E-state index in [1.54, 1.807) is 6.66 Å². The van der Waals surface area contributed by atoms with Gasteiger partial charge in [0.05, 0.1) is 6.61 Å². The summed E-state index contributed by atoms with van der Waals surface area (Å²) in [6, 6.07) is 0. The zero-order valence-corrected chi connectivity index (χ0v) is 8.73. The van der Waals surface area contributed by atoms with Crippen molar-refractivity contribution in [3.8, 4) is 12.3 Å². The van der Waals surface area contributed by atoms with E-state index in [2.05, 4.69) is 5.92 Å². The van der Waals surface area contributed by atoms with Crippen LogP contribution in [0.25, 0.3) is 0 Å². The average Bonchev–Trinajstić information content (AvgIpc) is 1.97. The lowest BCUT2D eigenvalue weighted by molar-refractivity contribution is 0.159. The highest BCUT2D eigenvalue weighted by atomic mass is 31.2. The summed E-state index contributed by atoms with van der Waals surface area (Å²) >= 11 is 0. The average molecular weight is 186 g/mol. The molecule has 0 aromatic heterocycles. The minimum Gasteiger partial charge on any atom is -0.328 e. The number of terminal acetylenes is 1. The SMILES string of the molecule is C#CC1(C)CP(C)(=O)OCC1C. The fraction of sp³-hybridized carbons (Fsp3) is 0.778. The summed E-state index contributed by atoms with van der Waals surface area (Å²) in [6.07, 6.45) is 5.93. The molecule has 68 valence electrons. The van der Waals surface area contributed by atoms with Crippen LogP contribution in [0.4, 0.5) is 0 Å². The molecular formula is C9H15O2P. The molecule has 3 heteroatoms. The predicted octanol–water partition coefficient (Wildman–Crippen LogP) is 2.20. The molecule has 1 saturated heterocycles. The van der Waals surface area contributed by atoms with Gasteiger partial charge in [-0.25, -0.2) is 0 Å². The van der Waals surface area contributed by atoms with Crippen molar-refractivity contribution in [1.82, 2.24) is 0 Å². The summed E-state index contributed by atoms with van der Waals surface area (Å²) in [7, 11) is -2.40. The van der Waals surface area contributed by atoms with Crippen LogP contribution in [-0.4, -0.2) is 19.4 Å². The molecule has 0 spiro atoms. The Morgan fingerprint density at radius 2 is 2.33 bits per heavy atom. The van der Waals surface area contributed by atoms with Crippen molar-refractivity contribution < 1.29 is 9.09 Å². The molecule has 0 radical (unpaired) electrons. The van der Waals surface area contributed by atoms with Gasteiger partial charge in [-0.2, -0.15) is 0 Å². The van der Waals surface area contributed by atoms with Gasteiger partial charge in [-0.1, -0.05) is 12.8 Å². The number of rotatable bonds is 0. The lowest BCUT2D eigenvalue weighted by Crippen LogP contribution is -2.35. The second-order valence-electron chi connectivity index (χ2n) is 3.93. The fourth-order valence-electron chi connectivity index (χ4n) is 1.44. The normalized spacial score (nSPS) is 48.3. The van der Waals surface area contributed by atoms with E-state index in [0.717, 1.165) is 0 Å². The van der Waals surface area contributed by atoms with Gasteiger partial charge in [-0.05, 0) is 12.8 Å². The first-order valence-electron chi connectivity index (χ1n) is 4.08. The third-order valence-corrected chi connectivity index (χ3v) is 4.56. The lowest BCUT2D eigenvalue weighted by atomic mass is 9.81. The second kappa shape index (κ2) is 2.91. The molecule has 3 atom stereocenters. The Morgan fingerprint density at radius 3 is 2.75 bits per heavy atom. The van der Waals surface area contributed by atoms with Crippen LogP contribution in [0.5, 0.6) is 0 Å². The largest absolute Gasteiger partial charge is 0.328 e. The van der Waals surface area contributed by atoms with Crippen LogP contribution in [0.3, 0.4) is 0 Å². The second-order valence-corrected chi connectivity index (χ2v) is 6.53. The first-order valence-corrected chi connectivity index (χ1v) is 6.34. The molecule has 3 unspecified atom stereocenters. The highest BCUT2D eigenvalue weighted by Crippen LogP contribution is 2.54. The quantitative estimate of drug-likeness (QED) is 0.428. The van der Waals surface area contributed by atoms with Crippen LogP contribution < -0.4 is 0 Å². The van der Waals surface area contributed by atoms with E-state index in [-0.39, 0.29) is 5.41 Å². The molecule has 1 heterocycles. The molecule has 1 fully saturated rings. The van der Waals surface area contributed by atoms with E-state index < -0.39 is 7.37 Å². The zero-order valence-electron chi connectivity index (χ0n) is 7.83. The van der Waals surface area contributed by atoms with Gasteiger partial charge >= 0.3 is 0 Å². The van der Waals surface area contributed by atoms with Gasteiger partial charge < -0.3 is 4.52 Å². The Balaban J connectivity index is 2.88. The minimum absolute atomic E-state index is 0.247. The molecule has 0 aliphatic carbocycles. The predicted molar refractivity (Wildman–Crippen MR) is 50.5 cm³/mol. The van der Waals surface area contributed by atoms with E-state index in [1.807, 2.05) is 13.8 Å². The van der Waals surface area contributed by atoms with E-state index in [9.17, 15) is 4.57 Å². The Hall–Kier alpha value is -0.250. The molecule has 0 aromatic rings. The molecule has 12 heavy (non-hydrogen) atoms. The smallest absolute Gasteiger partial charge is 0.201 e. The number of hydrogen-bond donors (Lipinski definition) is 0. The van der Waals surface area contributed by atoms with Crippen LogP contribution in [0.1, 0.15) is 13.8 Å². The molecule has 0 saturated carbocycles. The molecule has 0 bridgehead atoms. The molecular weight excluding hydrogens is 171 g/mol. The third-order valence-electron chi connectivity index (χ3n) is 2.63. The van der Waals surface area contributed by atoms with Crippen LogP contribution >= 0.6 is 7.37 Å². The molecule has 0 amide bonds. The minimum atomic E-state index is -2.40. The third kappa shape index (κ3) is 1.73. The topological polar surface area (TPSA) is 26.3 Å². The van der Waals surface area contributed by atoms with Crippen LogP contribution in [0, 0.1) is 23.7 Å². The molecule has 2 nitrogen and oxygen atoms in total. The standard InChI is InChI=1S/C9H15O2P/c1-5-9(3)7-12(4,10)11-6-8(9)2/h1,8H,6-7H2,2-4H3. The Morgan fingerprint density at radius 1 is 1.75 bits per heavy atom. The van der Waals surface area contributed by atoms with Gasteiger partial charge in [0, 0.05) is 18.2 Å². The van der Waals surface area contributed by atoms with Gasteiger partial charge in [-0.3, -0.25) is 4.57 Å². The molecule has 1 aliphatic rings. The van der Waals surface area contributed by atoms with E-state index in [0.29, 0.717) is 18.7 Å². The van der Waals surface area contributed by atoms with Gasteiger partial charge in [0.25, 0.3) is 0 Å². The van der Waals surface area contributed by atoms with E-state index in [4.69, 9.17) is 10.9 Å².